The van der Waals surface area contributed by atoms with E-state index in [0.717, 1.165) is 5.56 Å². The minimum atomic E-state index is -0.809. The fourth-order valence-corrected chi connectivity index (χ4v) is 2.05. The number of carbonyl (C=O) groups is 1. The molecule has 1 aromatic heterocycles. The maximum atomic E-state index is 12.9. The van der Waals surface area contributed by atoms with Crippen LogP contribution in [0.4, 0.5) is 10.2 Å². The molecule has 0 aliphatic rings. The number of hydrogen-bond donors (Lipinski definition) is 1. The highest BCUT2D eigenvalue weighted by Gasteiger charge is 2.20. The number of nitrogens with one attached hydrogen (secondary N) is 1. The molecule has 0 saturated carbocycles. The molecule has 0 unspecified atom stereocenters. The van der Waals surface area contributed by atoms with Crippen molar-refractivity contribution in [2.75, 3.05) is 5.32 Å². The zero-order valence-electron chi connectivity index (χ0n) is 12.8. The molecule has 1 heterocycles. The Morgan fingerprint density at radius 1 is 1.12 bits per heavy atom. The highest BCUT2D eigenvalue weighted by Crippen LogP contribution is 2.24. The number of carbonyl (C=O) groups excluding carboxylic acids is 1. The lowest BCUT2D eigenvalue weighted by atomic mass is 10.1. The second kappa shape index (κ2) is 6.91. The van der Waals surface area contributed by atoms with E-state index in [1.165, 1.54) is 24.3 Å². The average molecular weight is 327 g/mol. The maximum Gasteiger partial charge on any atom is 0.266 e. The lowest BCUT2D eigenvalue weighted by molar-refractivity contribution is -0.122. The summed E-state index contributed by atoms with van der Waals surface area (Å²) >= 11 is 0. The first-order valence-electron chi connectivity index (χ1n) is 7.24. The van der Waals surface area contributed by atoms with Crippen molar-refractivity contribution < 1.29 is 18.6 Å². The monoisotopic (exact) mass is 327 g/mol. The van der Waals surface area contributed by atoms with Gasteiger partial charge in [-0.15, -0.1) is 0 Å². The van der Waals surface area contributed by atoms with E-state index in [4.69, 9.17) is 9.37 Å². The summed E-state index contributed by atoms with van der Waals surface area (Å²) in [6.45, 7) is 1.58. The number of aromatic nitrogens is 2. The van der Waals surface area contributed by atoms with Crippen molar-refractivity contribution in [3.05, 3.63) is 60.4 Å². The molecule has 0 radical (unpaired) electrons. The van der Waals surface area contributed by atoms with Crippen LogP contribution in [0.3, 0.4) is 0 Å². The van der Waals surface area contributed by atoms with Crippen molar-refractivity contribution in [3.8, 4) is 17.0 Å². The highest BCUT2D eigenvalue weighted by atomic mass is 19.1. The van der Waals surface area contributed by atoms with Gasteiger partial charge in [-0.25, -0.2) is 9.02 Å². The fourth-order valence-electron chi connectivity index (χ4n) is 2.05. The summed E-state index contributed by atoms with van der Waals surface area (Å²) in [7, 11) is 0. The molecule has 1 atom stereocenters. The molecule has 3 rings (SSSR count). The minimum absolute atomic E-state index is 0.209. The van der Waals surface area contributed by atoms with E-state index in [-0.39, 0.29) is 11.6 Å². The van der Waals surface area contributed by atoms with Crippen LogP contribution in [0.25, 0.3) is 11.3 Å². The topological polar surface area (TPSA) is 77.2 Å². The molecular weight excluding hydrogens is 313 g/mol. The molecule has 0 fully saturated rings. The first kappa shape index (κ1) is 15.7. The van der Waals surface area contributed by atoms with Crippen LogP contribution < -0.4 is 10.1 Å². The molecule has 0 saturated heterocycles. The molecular formula is C17H14FN3O3. The molecule has 3 aromatic rings. The standard InChI is InChI=1S/C17H14FN3O3/c1-11(23-14-9-7-13(18)8-10-14)17(22)19-16-15(20-24-21-16)12-5-3-2-4-6-12/h2-11H,1H3,(H,19,21,22)/t11-/m1/s1. The Morgan fingerprint density at radius 3 is 2.54 bits per heavy atom. The van der Waals surface area contributed by atoms with Crippen LogP contribution in [0.15, 0.2) is 59.2 Å². The molecule has 0 aliphatic carbocycles. The predicted molar refractivity (Wildman–Crippen MR) is 84.9 cm³/mol. The molecule has 0 aliphatic heterocycles. The van der Waals surface area contributed by atoms with Crippen molar-refractivity contribution >= 4 is 11.7 Å². The molecule has 7 heteroatoms. The van der Waals surface area contributed by atoms with Crippen LogP contribution in [0.2, 0.25) is 0 Å². The second-order valence-electron chi connectivity index (χ2n) is 5.03. The van der Waals surface area contributed by atoms with Gasteiger partial charge in [0.05, 0.1) is 0 Å². The van der Waals surface area contributed by atoms with Crippen LogP contribution in [-0.2, 0) is 4.79 Å². The molecule has 24 heavy (non-hydrogen) atoms. The number of rotatable bonds is 5. The van der Waals surface area contributed by atoms with Crippen LogP contribution >= 0.6 is 0 Å². The van der Waals surface area contributed by atoms with E-state index in [9.17, 15) is 9.18 Å². The van der Waals surface area contributed by atoms with Gasteiger partial charge in [0, 0.05) is 5.56 Å². The summed E-state index contributed by atoms with van der Waals surface area (Å²) in [5.41, 5.74) is 1.19. The number of halogens is 1. The van der Waals surface area contributed by atoms with Gasteiger partial charge in [0.25, 0.3) is 5.91 Å². The smallest absolute Gasteiger partial charge is 0.266 e. The number of anilines is 1. The zero-order chi connectivity index (χ0) is 16.9. The molecule has 0 bridgehead atoms. The van der Waals surface area contributed by atoms with Gasteiger partial charge in [-0.1, -0.05) is 30.3 Å². The quantitative estimate of drug-likeness (QED) is 0.778. The average Bonchev–Trinajstić information content (AvgIpc) is 3.05. The van der Waals surface area contributed by atoms with E-state index < -0.39 is 12.0 Å². The second-order valence-corrected chi connectivity index (χ2v) is 5.03. The van der Waals surface area contributed by atoms with Gasteiger partial charge in [0.2, 0.25) is 5.82 Å². The first-order chi connectivity index (χ1) is 11.6. The Labute approximate surface area is 137 Å². The maximum absolute atomic E-state index is 12.9. The lowest BCUT2D eigenvalue weighted by Crippen LogP contribution is -2.30. The molecule has 0 spiro atoms. The van der Waals surface area contributed by atoms with Crippen LogP contribution in [0.5, 0.6) is 5.75 Å². The Hall–Kier alpha value is -3.22. The van der Waals surface area contributed by atoms with E-state index in [0.29, 0.717) is 11.4 Å². The summed E-state index contributed by atoms with van der Waals surface area (Å²) in [6, 6.07) is 14.6. The van der Waals surface area contributed by atoms with E-state index in [1.54, 1.807) is 6.92 Å². The Kier molecular flexibility index (Phi) is 4.51. The third-order valence-electron chi connectivity index (χ3n) is 3.27. The SMILES string of the molecule is C[C@@H](Oc1ccc(F)cc1)C(=O)Nc1nonc1-c1ccccc1. The van der Waals surface area contributed by atoms with Crippen LogP contribution in [-0.4, -0.2) is 22.3 Å². The van der Waals surface area contributed by atoms with Crippen molar-refractivity contribution in [1.29, 1.82) is 0 Å². The van der Waals surface area contributed by atoms with Gasteiger partial charge in [-0.05, 0) is 41.5 Å². The van der Waals surface area contributed by atoms with Crippen molar-refractivity contribution in [2.24, 2.45) is 0 Å². The molecule has 2 aromatic carbocycles. The summed E-state index contributed by atoms with van der Waals surface area (Å²) in [4.78, 5) is 12.2. The van der Waals surface area contributed by atoms with Gasteiger partial charge in [-0.2, -0.15) is 0 Å². The Morgan fingerprint density at radius 2 is 1.83 bits per heavy atom. The number of hydrogen-bond acceptors (Lipinski definition) is 5. The van der Waals surface area contributed by atoms with Crippen molar-refractivity contribution in [2.45, 2.75) is 13.0 Å². The van der Waals surface area contributed by atoms with E-state index in [2.05, 4.69) is 15.6 Å². The number of nitrogens with zero attached hydrogens (tertiary/aromatic N) is 2. The van der Waals surface area contributed by atoms with Crippen molar-refractivity contribution in [1.82, 2.24) is 10.3 Å². The van der Waals surface area contributed by atoms with Gasteiger partial charge in [0.15, 0.2) is 11.8 Å². The molecule has 1 amide bonds. The van der Waals surface area contributed by atoms with Crippen molar-refractivity contribution in [3.63, 3.8) is 0 Å². The summed E-state index contributed by atoms with van der Waals surface area (Å²) in [5.74, 6) is -0.200. The minimum Gasteiger partial charge on any atom is -0.481 e. The van der Waals surface area contributed by atoms with Gasteiger partial charge >= 0.3 is 0 Å². The van der Waals surface area contributed by atoms with Gasteiger partial charge in [-0.3, -0.25) is 4.79 Å². The molecule has 6 nitrogen and oxygen atoms in total. The molecule has 1 N–H and O–H groups in total. The number of benzene rings is 2. The summed E-state index contributed by atoms with van der Waals surface area (Å²) in [5, 5.41) is 10.1. The number of amides is 1. The van der Waals surface area contributed by atoms with Crippen LogP contribution in [0.1, 0.15) is 6.92 Å². The van der Waals surface area contributed by atoms with Gasteiger partial charge < -0.3 is 10.1 Å². The highest BCUT2D eigenvalue weighted by molar-refractivity contribution is 5.95. The third kappa shape index (κ3) is 3.57. The third-order valence-corrected chi connectivity index (χ3v) is 3.27. The lowest BCUT2D eigenvalue weighted by Gasteiger charge is -2.13. The largest absolute Gasteiger partial charge is 0.481 e. The molecule has 122 valence electrons. The summed E-state index contributed by atoms with van der Waals surface area (Å²) in [6.07, 6.45) is -0.809. The number of ether oxygens (including phenoxy) is 1. The van der Waals surface area contributed by atoms with Crippen LogP contribution in [0, 0.1) is 5.82 Å². The zero-order valence-corrected chi connectivity index (χ0v) is 12.8. The van der Waals surface area contributed by atoms with Gasteiger partial charge in [0.1, 0.15) is 11.6 Å². The summed E-state index contributed by atoms with van der Waals surface area (Å²) < 4.78 is 23.1. The Bertz CT molecular complexity index is 819. The normalized spacial score (nSPS) is 11.8. The predicted octanol–water partition coefficient (Wildman–Crippen LogP) is 3.28. The first-order valence-corrected chi connectivity index (χ1v) is 7.24. The van der Waals surface area contributed by atoms with E-state index >= 15 is 0 Å². The fraction of sp³-hybridized carbons (Fsp3) is 0.118. The Balaban J connectivity index is 1.69. The van der Waals surface area contributed by atoms with E-state index in [1.807, 2.05) is 30.3 Å².